The summed E-state index contributed by atoms with van der Waals surface area (Å²) in [4.78, 5) is 10.8. The van der Waals surface area contributed by atoms with Crippen LogP contribution in [-0.4, -0.2) is 41.1 Å². The Kier molecular flexibility index (Phi) is 6.41. The highest BCUT2D eigenvalue weighted by molar-refractivity contribution is 5.79. The number of nitrogens with one attached hydrogen (secondary N) is 1. The van der Waals surface area contributed by atoms with E-state index in [1.165, 1.54) is 11.3 Å². The molecule has 0 saturated carbocycles. The van der Waals surface area contributed by atoms with E-state index in [2.05, 4.69) is 77.1 Å². The Bertz CT molecular complexity index is 645. The van der Waals surface area contributed by atoms with Crippen LogP contribution in [0.15, 0.2) is 47.8 Å². The third kappa shape index (κ3) is 4.60. The lowest BCUT2D eigenvalue weighted by Crippen LogP contribution is -2.41. The summed E-state index contributed by atoms with van der Waals surface area (Å²) in [5.74, 6) is 1.84. The minimum atomic E-state index is 0.402. The summed E-state index contributed by atoms with van der Waals surface area (Å²) in [7, 11) is 5.96. The van der Waals surface area contributed by atoms with Gasteiger partial charge in [0.05, 0.1) is 6.54 Å². The van der Waals surface area contributed by atoms with Gasteiger partial charge < -0.3 is 14.8 Å². The van der Waals surface area contributed by atoms with Gasteiger partial charge in [-0.1, -0.05) is 19.9 Å². The Morgan fingerprint density at radius 1 is 1.33 bits per heavy atom. The van der Waals surface area contributed by atoms with Crippen molar-refractivity contribution in [2.24, 2.45) is 18.0 Å². The quantitative estimate of drug-likeness (QED) is 0.655. The van der Waals surface area contributed by atoms with Crippen LogP contribution in [0, 0.1) is 5.92 Å². The van der Waals surface area contributed by atoms with Crippen LogP contribution < -0.4 is 5.32 Å². The molecule has 0 amide bonds. The Balaban J connectivity index is 2.00. The second kappa shape index (κ2) is 8.52. The normalized spacial score (nSPS) is 13.2. The molecule has 0 fully saturated rings. The van der Waals surface area contributed by atoms with E-state index < -0.39 is 0 Å². The zero-order chi connectivity index (χ0) is 17.5. The maximum atomic E-state index is 4.43. The summed E-state index contributed by atoms with van der Waals surface area (Å²) < 4.78 is 2.14. The van der Waals surface area contributed by atoms with E-state index >= 15 is 0 Å². The van der Waals surface area contributed by atoms with Crippen molar-refractivity contribution in [1.29, 1.82) is 0 Å². The number of guanidine groups is 1. The monoisotopic (exact) mass is 327 g/mol. The lowest BCUT2D eigenvalue weighted by atomic mass is 9.89. The maximum absolute atomic E-state index is 4.43. The van der Waals surface area contributed by atoms with Crippen LogP contribution in [0.1, 0.15) is 31.0 Å². The topological polar surface area (TPSA) is 45.5 Å². The average Bonchev–Trinajstić information content (AvgIpc) is 2.97. The van der Waals surface area contributed by atoms with Crippen molar-refractivity contribution in [2.75, 3.05) is 20.6 Å². The van der Waals surface area contributed by atoms with Crippen LogP contribution in [0.25, 0.3) is 0 Å². The van der Waals surface area contributed by atoms with Crippen molar-refractivity contribution in [1.82, 2.24) is 19.8 Å². The van der Waals surface area contributed by atoms with Gasteiger partial charge in [-0.25, -0.2) is 0 Å². The zero-order valence-corrected chi connectivity index (χ0v) is 15.4. The van der Waals surface area contributed by atoms with E-state index in [0.717, 1.165) is 19.0 Å². The molecule has 5 nitrogen and oxygen atoms in total. The molecule has 130 valence electrons. The molecule has 0 aliphatic rings. The van der Waals surface area contributed by atoms with Crippen molar-refractivity contribution in [3.8, 4) is 0 Å². The maximum Gasteiger partial charge on any atom is 0.193 e. The zero-order valence-electron chi connectivity index (χ0n) is 15.4. The van der Waals surface area contributed by atoms with Gasteiger partial charge in [-0.2, -0.15) is 0 Å². The molecule has 1 unspecified atom stereocenters. The molecular formula is C19H29N5. The highest BCUT2D eigenvalue weighted by Gasteiger charge is 2.17. The lowest BCUT2D eigenvalue weighted by Gasteiger charge is -2.26. The van der Waals surface area contributed by atoms with Crippen LogP contribution in [-0.2, 0) is 13.6 Å². The van der Waals surface area contributed by atoms with Crippen LogP contribution in [0.5, 0.6) is 0 Å². The molecule has 0 aromatic carbocycles. The predicted octanol–water partition coefficient (Wildman–Crippen LogP) is 2.87. The molecule has 0 aliphatic carbocycles. The summed E-state index contributed by atoms with van der Waals surface area (Å²) in [5, 5.41) is 3.52. The first-order valence-corrected chi connectivity index (χ1v) is 8.44. The van der Waals surface area contributed by atoms with Crippen LogP contribution in [0.2, 0.25) is 0 Å². The minimum Gasteiger partial charge on any atom is -0.356 e. The van der Waals surface area contributed by atoms with Crippen LogP contribution >= 0.6 is 0 Å². The number of aliphatic imine (C=N–C) groups is 1. The molecule has 24 heavy (non-hydrogen) atoms. The van der Waals surface area contributed by atoms with E-state index in [1.807, 2.05) is 25.5 Å². The number of pyridine rings is 1. The number of aromatic nitrogens is 2. The highest BCUT2D eigenvalue weighted by Crippen LogP contribution is 2.22. The lowest BCUT2D eigenvalue weighted by molar-refractivity contribution is 0.439. The van der Waals surface area contributed by atoms with Gasteiger partial charge in [0.15, 0.2) is 5.96 Å². The van der Waals surface area contributed by atoms with Gasteiger partial charge in [-0.3, -0.25) is 9.98 Å². The largest absolute Gasteiger partial charge is 0.356 e. The van der Waals surface area contributed by atoms with Crippen molar-refractivity contribution in [2.45, 2.75) is 26.3 Å². The van der Waals surface area contributed by atoms with E-state index in [9.17, 15) is 0 Å². The molecule has 2 aromatic rings. The first-order chi connectivity index (χ1) is 11.5. The van der Waals surface area contributed by atoms with Gasteiger partial charge in [-0.05, 0) is 29.7 Å². The molecule has 0 spiro atoms. The van der Waals surface area contributed by atoms with Gasteiger partial charge in [0.2, 0.25) is 0 Å². The third-order valence-electron chi connectivity index (χ3n) is 4.42. The number of hydrogen-bond donors (Lipinski definition) is 1. The van der Waals surface area contributed by atoms with Gasteiger partial charge in [0.25, 0.3) is 0 Å². The molecule has 5 heteroatoms. The fraction of sp³-hybridized carbons (Fsp3) is 0.474. The van der Waals surface area contributed by atoms with Gasteiger partial charge in [-0.15, -0.1) is 0 Å². The number of hydrogen-bond acceptors (Lipinski definition) is 2. The Morgan fingerprint density at radius 2 is 2.12 bits per heavy atom. The molecule has 0 bridgehead atoms. The molecule has 0 radical (unpaired) electrons. The molecule has 2 rings (SSSR count). The van der Waals surface area contributed by atoms with Crippen LogP contribution in [0.3, 0.4) is 0 Å². The smallest absolute Gasteiger partial charge is 0.193 e. The van der Waals surface area contributed by atoms with E-state index in [4.69, 9.17) is 0 Å². The Labute approximate surface area is 145 Å². The van der Waals surface area contributed by atoms with Gasteiger partial charge in [0, 0.05) is 57.9 Å². The van der Waals surface area contributed by atoms with E-state index in [0.29, 0.717) is 11.8 Å². The minimum absolute atomic E-state index is 0.402. The summed E-state index contributed by atoms with van der Waals surface area (Å²) in [6, 6.07) is 8.35. The van der Waals surface area contributed by atoms with Crippen molar-refractivity contribution >= 4 is 5.96 Å². The van der Waals surface area contributed by atoms with E-state index in [-0.39, 0.29) is 0 Å². The molecule has 1 N–H and O–H groups in total. The first-order valence-electron chi connectivity index (χ1n) is 8.44. The Hall–Kier alpha value is -2.30. The summed E-state index contributed by atoms with van der Waals surface area (Å²) in [6.07, 6.45) is 5.85. The SMILES string of the molecule is CN=C(NCC(c1cccnc1)C(C)C)N(C)Cc1cccn1C. The predicted molar refractivity (Wildman–Crippen MR) is 100 cm³/mol. The van der Waals surface area contributed by atoms with Gasteiger partial charge in [0.1, 0.15) is 0 Å². The van der Waals surface area contributed by atoms with Crippen molar-refractivity contribution in [3.63, 3.8) is 0 Å². The average molecular weight is 327 g/mol. The first kappa shape index (κ1) is 18.0. The molecule has 0 saturated heterocycles. The molecular weight excluding hydrogens is 298 g/mol. The summed E-state index contributed by atoms with van der Waals surface area (Å²) in [6.45, 7) is 6.15. The van der Waals surface area contributed by atoms with Crippen molar-refractivity contribution in [3.05, 3.63) is 54.1 Å². The van der Waals surface area contributed by atoms with E-state index in [1.54, 1.807) is 0 Å². The standard InChI is InChI=1S/C19H29N5/c1-15(2)18(16-8-6-10-21-12-16)13-22-19(20-3)24(5)14-17-9-7-11-23(17)4/h6-12,15,18H,13-14H2,1-5H3,(H,20,22). The molecule has 2 heterocycles. The van der Waals surface area contributed by atoms with Crippen molar-refractivity contribution < 1.29 is 0 Å². The highest BCUT2D eigenvalue weighted by atomic mass is 15.3. The number of nitrogens with zero attached hydrogens (tertiary/aromatic N) is 4. The number of rotatable bonds is 6. The second-order valence-electron chi connectivity index (χ2n) is 6.53. The molecule has 2 aromatic heterocycles. The summed E-state index contributed by atoms with van der Waals surface area (Å²) >= 11 is 0. The fourth-order valence-corrected chi connectivity index (χ4v) is 2.90. The van der Waals surface area contributed by atoms with Gasteiger partial charge >= 0.3 is 0 Å². The fourth-order valence-electron chi connectivity index (χ4n) is 2.90. The summed E-state index contributed by atoms with van der Waals surface area (Å²) in [5.41, 5.74) is 2.52. The molecule has 1 atom stereocenters. The molecule has 0 aliphatic heterocycles. The number of aryl methyl sites for hydroxylation is 1. The Morgan fingerprint density at radius 3 is 2.67 bits per heavy atom. The van der Waals surface area contributed by atoms with Crippen LogP contribution in [0.4, 0.5) is 0 Å². The third-order valence-corrected chi connectivity index (χ3v) is 4.42. The second-order valence-corrected chi connectivity index (χ2v) is 6.53.